The number of anilines is 4. The van der Waals surface area contributed by atoms with Crippen LogP contribution in [0.2, 0.25) is 0 Å². The van der Waals surface area contributed by atoms with Crippen LogP contribution in [-0.4, -0.2) is 14.1 Å². The van der Waals surface area contributed by atoms with E-state index >= 15 is 0 Å². The van der Waals surface area contributed by atoms with Gasteiger partial charge in [-0.2, -0.15) is 0 Å². The second-order valence-electron chi connectivity index (χ2n) is 5.47. The second-order valence-corrected chi connectivity index (χ2v) is 6.55. The number of benzene rings is 2. The lowest BCUT2D eigenvalue weighted by atomic mass is 10.1. The fraction of sp³-hybridized carbons (Fsp3) is 0.250. The van der Waals surface area contributed by atoms with E-state index in [1.165, 1.54) is 38.0 Å². The summed E-state index contributed by atoms with van der Waals surface area (Å²) in [5.74, 6) is 0. The monoisotopic (exact) mass is 285 g/mol. The van der Waals surface area contributed by atoms with Crippen LogP contribution in [0.4, 0.5) is 22.7 Å². The normalized spacial score (nSPS) is 12.4. The van der Waals surface area contributed by atoms with Crippen LogP contribution in [0.3, 0.4) is 0 Å². The Morgan fingerprint density at radius 3 is 2.20 bits per heavy atom. The van der Waals surface area contributed by atoms with E-state index in [1.807, 2.05) is 12.1 Å². The highest BCUT2D eigenvalue weighted by Crippen LogP contribution is 2.48. The van der Waals surface area contributed by atoms with Crippen LogP contribution < -0.4 is 16.0 Å². The van der Waals surface area contributed by atoms with Crippen molar-refractivity contribution in [1.29, 1.82) is 0 Å². The van der Waals surface area contributed by atoms with Gasteiger partial charge in [-0.1, -0.05) is 11.8 Å². The Bertz CT molecular complexity index is 693. The van der Waals surface area contributed by atoms with Crippen molar-refractivity contribution in [1.82, 2.24) is 0 Å². The summed E-state index contributed by atoms with van der Waals surface area (Å²) in [6.45, 7) is 4.24. The largest absolute Gasteiger partial charge is 0.399 e. The van der Waals surface area contributed by atoms with Gasteiger partial charge in [-0.3, -0.25) is 0 Å². The Balaban J connectivity index is 2.13. The third-order valence-corrected chi connectivity index (χ3v) is 4.68. The van der Waals surface area contributed by atoms with Gasteiger partial charge in [0.2, 0.25) is 0 Å². The summed E-state index contributed by atoms with van der Waals surface area (Å²) in [7, 11) is 4.14. The summed E-state index contributed by atoms with van der Waals surface area (Å²) in [4.78, 5) is 4.59. The summed E-state index contributed by atoms with van der Waals surface area (Å²) in [6.07, 6.45) is 0. The average molecular weight is 285 g/mol. The van der Waals surface area contributed by atoms with Crippen LogP contribution in [0.15, 0.2) is 34.1 Å². The molecule has 0 unspecified atom stereocenters. The molecule has 1 heterocycles. The number of rotatable bonds is 1. The third kappa shape index (κ3) is 2.10. The summed E-state index contributed by atoms with van der Waals surface area (Å²) < 4.78 is 0. The zero-order valence-corrected chi connectivity index (χ0v) is 13.1. The smallest absolute Gasteiger partial charge is 0.0557 e. The molecule has 4 heteroatoms. The molecule has 2 aromatic rings. The number of nitrogens with one attached hydrogen (secondary N) is 1. The van der Waals surface area contributed by atoms with Crippen molar-refractivity contribution in [3.8, 4) is 0 Å². The van der Waals surface area contributed by atoms with Crippen LogP contribution in [0.1, 0.15) is 11.1 Å². The van der Waals surface area contributed by atoms with E-state index in [1.54, 1.807) is 11.8 Å². The molecule has 104 valence electrons. The van der Waals surface area contributed by atoms with E-state index in [2.05, 4.69) is 50.3 Å². The number of hydrogen-bond donors (Lipinski definition) is 2. The maximum absolute atomic E-state index is 5.96. The van der Waals surface area contributed by atoms with Crippen molar-refractivity contribution in [3.05, 3.63) is 35.4 Å². The number of aryl methyl sites for hydroxylation is 2. The molecule has 0 bridgehead atoms. The van der Waals surface area contributed by atoms with Crippen molar-refractivity contribution < 1.29 is 0 Å². The Labute approximate surface area is 124 Å². The molecule has 1 aliphatic heterocycles. The molecule has 1 aliphatic rings. The molecule has 0 aromatic heterocycles. The molecule has 0 amide bonds. The highest BCUT2D eigenvalue weighted by Gasteiger charge is 2.20. The summed E-state index contributed by atoms with van der Waals surface area (Å²) in [5, 5.41) is 3.58. The van der Waals surface area contributed by atoms with Gasteiger partial charge in [0.25, 0.3) is 0 Å². The standard InChI is InChI=1S/C16H19N3S/c1-9-5-11(17)7-13-15(9)18-16-10(2)6-12(19(3)4)8-14(16)20-13/h5-8,18H,17H2,1-4H3. The maximum Gasteiger partial charge on any atom is 0.0557 e. The number of fused-ring (bicyclic) bond motifs is 2. The second kappa shape index (κ2) is 4.63. The van der Waals surface area contributed by atoms with Gasteiger partial charge in [-0.15, -0.1) is 0 Å². The molecular formula is C16H19N3S. The van der Waals surface area contributed by atoms with Crippen molar-refractivity contribution >= 4 is 34.5 Å². The zero-order valence-electron chi connectivity index (χ0n) is 12.2. The molecule has 0 saturated carbocycles. The molecule has 0 fully saturated rings. The third-order valence-electron chi connectivity index (χ3n) is 3.59. The Morgan fingerprint density at radius 1 is 0.950 bits per heavy atom. The predicted molar refractivity (Wildman–Crippen MR) is 88.5 cm³/mol. The lowest BCUT2D eigenvalue weighted by molar-refractivity contribution is 1.11. The van der Waals surface area contributed by atoms with Crippen molar-refractivity contribution in [2.45, 2.75) is 23.6 Å². The van der Waals surface area contributed by atoms with Crippen LogP contribution in [0.25, 0.3) is 0 Å². The average Bonchev–Trinajstić information content (AvgIpc) is 2.36. The maximum atomic E-state index is 5.96. The number of hydrogen-bond acceptors (Lipinski definition) is 4. The molecule has 3 N–H and O–H groups in total. The van der Waals surface area contributed by atoms with Crippen LogP contribution in [0, 0.1) is 13.8 Å². The van der Waals surface area contributed by atoms with Crippen LogP contribution in [-0.2, 0) is 0 Å². The summed E-state index contributed by atoms with van der Waals surface area (Å²) in [6, 6.07) is 8.49. The number of nitrogens with two attached hydrogens (primary N) is 1. The highest BCUT2D eigenvalue weighted by molar-refractivity contribution is 7.99. The quantitative estimate of drug-likeness (QED) is 0.659. The Morgan fingerprint density at radius 2 is 1.55 bits per heavy atom. The minimum atomic E-state index is 0.819. The topological polar surface area (TPSA) is 41.3 Å². The molecule has 2 aromatic carbocycles. The predicted octanol–water partition coefficient (Wildman–Crippen LogP) is 4.16. The van der Waals surface area contributed by atoms with Gasteiger partial charge in [0.1, 0.15) is 0 Å². The van der Waals surface area contributed by atoms with Gasteiger partial charge in [0.15, 0.2) is 0 Å². The first-order valence-electron chi connectivity index (χ1n) is 6.62. The zero-order chi connectivity index (χ0) is 14.4. The minimum absolute atomic E-state index is 0.819. The van der Waals surface area contributed by atoms with E-state index in [0.717, 1.165) is 5.69 Å². The molecule has 0 saturated heterocycles. The molecular weight excluding hydrogens is 266 g/mol. The van der Waals surface area contributed by atoms with E-state index < -0.39 is 0 Å². The van der Waals surface area contributed by atoms with Crippen molar-refractivity contribution in [2.24, 2.45) is 0 Å². The Hall–Kier alpha value is -1.81. The summed E-state index contributed by atoms with van der Waals surface area (Å²) in [5.41, 5.74) is 12.8. The van der Waals surface area contributed by atoms with Gasteiger partial charge in [-0.25, -0.2) is 0 Å². The molecule has 0 aliphatic carbocycles. The van der Waals surface area contributed by atoms with Crippen LogP contribution in [0.5, 0.6) is 0 Å². The lowest BCUT2D eigenvalue weighted by Gasteiger charge is -2.26. The van der Waals surface area contributed by atoms with Gasteiger partial charge in [0, 0.05) is 35.3 Å². The number of nitrogens with zero attached hydrogens (tertiary/aromatic N) is 1. The lowest BCUT2D eigenvalue weighted by Crippen LogP contribution is -2.11. The molecule has 20 heavy (non-hydrogen) atoms. The molecule has 0 spiro atoms. The first kappa shape index (κ1) is 13.2. The van der Waals surface area contributed by atoms with E-state index in [-0.39, 0.29) is 0 Å². The first-order chi connectivity index (χ1) is 9.45. The van der Waals surface area contributed by atoms with E-state index in [4.69, 9.17) is 5.73 Å². The SMILES string of the molecule is Cc1cc(N)cc2c1Nc1c(C)cc(N(C)C)cc1S2. The van der Waals surface area contributed by atoms with Crippen molar-refractivity contribution in [3.63, 3.8) is 0 Å². The molecule has 0 atom stereocenters. The molecule has 0 radical (unpaired) electrons. The van der Waals surface area contributed by atoms with Gasteiger partial charge >= 0.3 is 0 Å². The molecule has 3 nitrogen and oxygen atoms in total. The van der Waals surface area contributed by atoms with E-state index in [0.29, 0.717) is 0 Å². The minimum Gasteiger partial charge on any atom is -0.399 e. The Kier molecular flexibility index (Phi) is 3.05. The fourth-order valence-corrected chi connectivity index (χ4v) is 3.74. The number of nitrogen functional groups attached to an aromatic ring is 1. The van der Waals surface area contributed by atoms with Gasteiger partial charge in [-0.05, 0) is 49.2 Å². The van der Waals surface area contributed by atoms with Gasteiger partial charge < -0.3 is 16.0 Å². The molecule has 3 rings (SSSR count). The van der Waals surface area contributed by atoms with Gasteiger partial charge in [0.05, 0.1) is 11.4 Å². The van der Waals surface area contributed by atoms with Crippen molar-refractivity contribution in [2.75, 3.05) is 30.0 Å². The fourth-order valence-electron chi connectivity index (χ4n) is 2.50. The first-order valence-corrected chi connectivity index (χ1v) is 7.44. The summed E-state index contributed by atoms with van der Waals surface area (Å²) >= 11 is 1.79. The van der Waals surface area contributed by atoms with Crippen LogP contribution >= 0.6 is 11.8 Å². The highest BCUT2D eigenvalue weighted by atomic mass is 32.2. The van der Waals surface area contributed by atoms with E-state index in [9.17, 15) is 0 Å².